The lowest BCUT2D eigenvalue weighted by Crippen LogP contribution is -2.00. The van der Waals surface area contributed by atoms with Gasteiger partial charge in [-0.3, -0.25) is 0 Å². The van der Waals surface area contributed by atoms with Crippen LogP contribution in [-0.4, -0.2) is 23.3 Å². The first-order valence-corrected chi connectivity index (χ1v) is 9.49. The van der Waals surface area contributed by atoms with Gasteiger partial charge in [0.2, 0.25) is 5.95 Å². The summed E-state index contributed by atoms with van der Waals surface area (Å²) in [4.78, 5) is 8.58. The van der Waals surface area contributed by atoms with Gasteiger partial charge >= 0.3 is 0 Å². The fourth-order valence-corrected chi connectivity index (χ4v) is 2.83. The van der Waals surface area contributed by atoms with Gasteiger partial charge in [0.25, 0.3) is 0 Å². The van der Waals surface area contributed by atoms with Crippen molar-refractivity contribution >= 4 is 28.1 Å². The minimum atomic E-state index is 0.461. The molecule has 1 aromatic heterocycles. The zero-order valence-corrected chi connectivity index (χ0v) is 17.5. The van der Waals surface area contributed by atoms with E-state index < -0.39 is 0 Å². The van der Waals surface area contributed by atoms with Crippen molar-refractivity contribution in [2.45, 2.75) is 20.5 Å². The summed E-state index contributed by atoms with van der Waals surface area (Å²) in [7, 11) is 1.62. The number of anilines is 1. The number of halogens is 1. The molecule has 1 N–H and O–H groups in total. The third-order valence-electron chi connectivity index (χ3n) is 3.86. The molecule has 144 valence electrons. The number of methoxy groups -OCH3 is 1. The molecule has 3 rings (SSSR count). The molecule has 7 heteroatoms. The first kappa shape index (κ1) is 19.8. The van der Waals surface area contributed by atoms with Crippen LogP contribution in [-0.2, 0) is 6.61 Å². The van der Waals surface area contributed by atoms with Crippen LogP contribution < -0.4 is 14.9 Å². The third-order valence-corrected chi connectivity index (χ3v) is 4.38. The fraction of sp³-hybridized carbons (Fsp3) is 0.190. The maximum atomic E-state index is 5.89. The van der Waals surface area contributed by atoms with Crippen molar-refractivity contribution in [1.29, 1.82) is 0 Å². The minimum Gasteiger partial charge on any atom is -0.493 e. The molecule has 0 aliphatic heterocycles. The largest absolute Gasteiger partial charge is 0.493 e. The highest BCUT2D eigenvalue weighted by molar-refractivity contribution is 9.10. The van der Waals surface area contributed by atoms with E-state index in [9.17, 15) is 0 Å². The number of rotatable bonds is 7. The van der Waals surface area contributed by atoms with Gasteiger partial charge < -0.3 is 9.47 Å². The summed E-state index contributed by atoms with van der Waals surface area (Å²) in [5.74, 6) is 1.78. The zero-order chi connectivity index (χ0) is 19.9. The van der Waals surface area contributed by atoms with Crippen LogP contribution in [0.4, 0.5) is 5.95 Å². The summed E-state index contributed by atoms with van der Waals surface area (Å²) in [6.45, 7) is 4.30. The maximum absolute atomic E-state index is 5.89. The number of nitrogens with one attached hydrogen (secondary N) is 1. The number of nitrogens with zero attached hydrogens (tertiary/aromatic N) is 3. The molecule has 0 amide bonds. The van der Waals surface area contributed by atoms with E-state index in [1.165, 1.54) is 0 Å². The lowest BCUT2D eigenvalue weighted by atomic mass is 10.2. The van der Waals surface area contributed by atoms with Gasteiger partial charge in [0.05, 0.1) is 13.3 Å². The average Bonchev–Trinajstić information content (AvgIpc) is 2.67. The summed E-state index contributed by atoms with van der Waals surface area (Å²) in [5, 5.41) is 4.20. The van der Waals surface area contributed by atoms with Gasteiger partial charge in [0.1, 0.15) is 6.61 Å². The highest BCUT2D eigenvalue weighted by Gasteiger charge is 2.06. The molecule has 28 heavy (non-hydrogen) atoms. The molecule has 0 fully saturated rings. The Hall–Kier alpha value is -2.93. The fourth-order valence-electron chi connectivity index (χ4n) is 2.57. The van der Waals surface area contributed by atoms with Crippen LogP contribution in [0.15, 0.2) is 58.1 Å². The highest BCUT2D eigenvalue weighted by atomic mass is 79.9. The molecule has 6 nitrogen and oxygen atoms in total. The van der Waals surface area contributed by atoms with E-state index in [1.807, 2.05) is 62.4 Å². The number of aromatic nitrogens is 2. The molecule has 3 aromatic rings. The van der Waals surface area contributed by atoms with E-state index in [0.717, 1.165) is 27.0 Å². The zero-order valence-electron chi connectivity index (χ0n) is 15.9. The molecule has 0 bridgehead atoms. The van der Waals surface area contributed by atoms with Crippen LogP contribution in [0.2, 0.25) is 0 Å². The minimum absolute atomic E-state index is 0.461. The number of hydrogen-bond acceptors (Lipinski definition) is 6. The van der Waals surface area contributed by atoms with Crippen molar-refractivity contribution in [1.82, 2.24) is 9.97 Å². The Labute approximate surface area is 172 Å². The second-order valence-corrected chi connectivity index (χ2v) is 7.09. The van der Waals surface area contributed by atoms with Crippen LogP contribution >= 0.6 is 15.9 Å². The molecule has 0 aliphatic carbocycles. The quantitative estimate of drug-likeness (QED) is 0.418. The lowest BCUT2D eigenvalue weighted by molar-refractivity contribution is 0.284. The van der Waals surface area contributed by atoms with Crippen molar-refractivity contribution in [2.24, 2.45) is 5.10 Å². The topological polar surface area (TPSA) is 68.6 Å². The van der Waals surface area contributed by atoms with E-state index in [4.69, 9.17) is 9.47 Å². The number of benzene rings is 2. The van der Waals surface area contributed by atoms with E-state index in [1.54, 1.807) is 13.3 Å². The molecule has 0 aliphatic rings. The molecule has 0 atom stereocenters. The summed E-state index contributed by atoms with van der Waals surface area (Å²) >= 11 is 3.43. The molecule has 0 unspecified atom stereocenters. The smallest absolute Gasteiger partial charge is 0.243 e. The predicted octanol–water partition coefficient (Wildman–Crippen LogP) is 4.89. The van der Waals surface area contributed by atoms with Gasteiger partial charge in [-0.05, 0) is 61.4 Å². The Morgan fingerprint density at radius 2 is 1.71 bits per heavy atom. The summed E-state index contributed by atoms with van der Waals surface area (Å²) < 4.78 is 12.4. The van der Waals surface area contributed by atoms with Gasteiger partial charge in [-0.2, -0.15) is 5.10 Å². The third kappa shape index (κ3) is 5.53. The molecule has 0 saturated heterocycles. The van der Waals surface area contributed by atoms with Crippen LogP contribution in [0.5, 0.6) is 11.5 Å². The van der Waals surface area contributed by atoms with Gasteiger partial charge in [0, 0.05) is 15.9 Å². The van der Waals surface area contributed by atoms with Gasteiger partial charge in [-0.25, -0.2) is 15.4 Å². The van der Waals surface area contributed by atoms with Crippen molar-refractivity contribution in [3.8, 4) is 11.5 Å². The van der Waals surface area contributed by atoms with Crippen molar-refractivity contribution in [3.05, 3.63) is 75.5 Å². The predicted molar refractivity (Wildman–Crippen MR) is 114 cm³/mol. The second kappa shape index (κ2) is 9.32. The van der Waals surface area contributed by atoms with Gasteiger partial charge in [-0.15, -0.1) is 0 Å². The Balaban J connectivity index is 1.65. The van der Waals surface area contributed by atoms with Crippen molar-refractivity contribution in [2.75, 3.05) is 12.5 Å². The van der Waals surface area contributed by atoms with Gasteiger partial charge in [0.15, 0.2) is 11.5 Å². The molecular weight excluding hydrogens is 420 g/mol. The lowest BCUT2D eigenvalue weighted by Gasteiger charge is -2.11. The number of aryl methyl sites for hydroxylation is 2. The standard InChI is InChI=1S/C21H21BrN4O2/c1-14-10-15(2)25-21(24-14)26-23-12-17-6-9-19(20(11-17)27-3)28-13-16-4-7-18(22)8-5-16/h4-12H,13H2,1-3H3,(H,24,25,26)/b23-12+. The van der Waals surface area contributed by atoms with Crippen LogP contribution in [0.25, 0.3) is 0 Å². The van der Waals surface area contributed by atoms with Crippen LogP contribution in [0.1, 0.15) is 22.5 Å². The number of hydrogen-bond donors (Lipinski definition) is 1. The Kier molecular flexibility index (Phi) is 6.60. The number of hydrazone groups is 1. The molecule has 0 saturated carbocycles. The first-order valence-electron chi connectivity index (χ1n) is 8.70. The van der Waals surface area contributed by atoms with Crippen molar-refractivity contribution in [3.63, 3.8) is 0 Å². The first-order chi connectivity index (χ1) is 13.5. The van der Waals surface area contributed by atoms with E-state index >= 15 is 0 Å². The molecule has 1 heterocycles. The summed E-state index contributed by atoms with van der Waals surface area (Å²) in [5.41, 5.74) is 6.57. The number of ether oxygens (including phenoxy) is 2. The Morgan fingerprint density at radius 1 is 1.00 bits per heavy atom. The Bertz CT molecular complexity index is 954. The second-order valence-electron chi connectivity index (χ2n) is 6.17. The average molecular weight is 441 g/mol. The SMILES string of the molecule is COc1cc(/C=N/Nc2nc(C)cc(C)n2)ccc1OCc1ccc(Br)cc1. The highest BCUT2D eigenvalue weighted by Crippen LogP contribution is 2.28. The van der Waals surface area contributed by atoms with E-state index in [-0.39, 0.29) is 0 Å². The van der Waals surface area contributed by atoms with Crippen LogP contribution in [0.3, 0.4) is 0 Å². The van der Waals surface area contributed by atoms with E-state index in [2.05, 4.69) is 36.4 Å². The molecule has 0 spiro atoms. The molecule has 0 radical (unpaired) electrons. The van der Waals surface area contributed by atoms with Crippen LogP contribution in [0, 0.1) is 13.8 Å². The maximum Gasteiger partial charge on any atom is 0.243 e. The summed E-state index contributed by atoms with van der Waals surface area (Å²) in [6.07, 6.45) is 1.68. The molecular formula is C21H21BrN4O2. The normalized spacial score (nSPS) is 10.9. The Morgan fingerprint density at radius 3 is 2.39 bits per heavy atom. The summed E-state index contributed by atoms with van der Waals surface area (Å²) in [6, 6.07) is 15.6. The van der Waals surface area contributed by atoms with Crippen molar-refractivity contribution < 1.29 is 9.47 Å². The van der Waals surface area contributed by atoms with E-state index in [0.29, 0.717) is 24.1 Å². The van der Waals surface area contributed by atoms with Gasteiger partial charge in [-0.1, -0.05) is 28.1 Å². The monoisotopic (exact) mass is 440 g/mol. The molecule has 2 aromatic carbocycles.